The van der Waals surface area contributed by atoms with E-state index in [4.69, 9.17) is 16.8 Å². The van der Waals surface area contributed by atoms with Gasteiger partial charge in [-0.05, 0) is 36.9 Å². The number of amides is 1. The molecule has 162 valence electrons. The van der Waals surface area contributed by atoms with Crippen LogP contribution in [-0.4, -0.2) is 46.9 Å². The van der Waals surface area contributed by atoms with Crippen molar-refractivity contribution in [3.05, 3.63) is 58.5 Å². The summed E-state index contributed by atoms with van der Waals surface area (Å²) in [5.74, 6) is -0.408. The number of carbonyl (C=O) groups is 1. The van der Waals surface area contributed by atoms with Gasteiger partial charge in [-0.1, -0.05) is 66.1 Å². The summed E-state index contributed by atoms with van der Waals surface area (Å²) in [5.41, 5.74) is 1.01. The molecule has 2 aromatic rings. The number of anilines is 1. The van der Waals surface area contributed by atoms with Crippen LogP contribution in [0.2, 0.25) is 0 Å². The Hall–Kier alpha value is -1.85. The highest BCUT2D eigenvalue weighted by molar-refractivity contribution is 8.26. The van der Waals surface area contributed by atoms with Gasteiger partial charge in [0.25, 0.3) is 16.0 Å². The average Bonchev–Trinajstić information content (AvgIpc) is 3.21. The number of likely N-dealkylation sites (N-methyl/N-ethyl adjacent to an activating group) is 1. The van der Waals surface area contributed by atoms with Gasteiger partial charge in [0.05, 0.1) is 21.4 Å². The molecule has 2 heterocycles. The Bertz CT molecular complexity index is 1240. The molecule has 0 atom stereocenters. The molecule has 0 spiro atoms. The van der Waals surface area contributed by atoms with Crippen molar-refractivity contribution in [1.82, 2.24) is 4.90 Å². The predicted octanol–water partition coefficient (Wildman–Crippen LogP) is 4.64. The highest BCUT2D eigenvalue weighted by atomic mass is 32.2. The number of benzene rings is 2. The Morgan fingerprint density at radius 3 is 2.58 bits per heavy atom. The molecule has 0 bridgehead atoms. The van der Waals surface area contributed by atoms with E-state index in [-0.39, 0.29) is 18.1 Å². The molecular weight excluding hydrogens is 473 g/mol. The maximum absolute atomic E-state index is 12.5. The number of thioether (sulfide) groups is 2. The van der Waals surface area contributed by atoms with E-state index in [2.05, 4.69) is 17.0 Å². The molecule has 0 radical (unpaired) electrons. The summed E-state index contributed by atoms with van der Waals surface area (Å²) in [6, 6.07) is 12.1. The molecule has 0 saturated carbocycles. The zero-order chi connectivity index (χ0) is 22.2. The number of allylic oxidation sites excluding steroid dienone is 2. The van der Waals surface area contributed by atoms with Crippen molar-refractivity contribution in [2.75, 3.05) is 23.7 Å². The minimum atomic E-state index is -4.03. The van der Waals surface area contributed by atoms with Crippen molar-refractivity contribution in [3.63, 3.8) is 0 Å². The first kappa shape index (κ1) is 22.3. The summed E-state index contributed by atoms with van der Waals surface area (Å²) in [6.07, 6.45) is 3.94. The van der Waals surface area contributed by atoms with Gasteiger partial charge in [0.15, 0.2) is 0 Å². The topological polar surface area (TPSA) is 77.9 Å². The molecule has 2 aromatic carbocycles. The van der Waals surface area contributed by atoms with Crippen LogP contribution in [-0.2, 0) is 14.9 Å². The Labute approximate surface area is 195 Å². The zero-order valence-corrected chi connectivity index (χ0v) is 19.9. The first-order valence-corrected chi connectivity index (χ1v) is 13.3. The fourth-order valence-corrected chi connectivity index (χ4v) is 6.48. The number of fused-ring (bicyclic) bond motifs is 3. The van der Waals surface area contributed by atoms with E-state index in [1.807, 2.05) is 37.3 Å². The van der Waals surface area contributed by atoms with E-state index in [9.17, 15) is 13.2 Å². The summed E-state index contributed by atoms with van der Waals surface area (Å²) in [4.78, 5) is 17.8. The largest absolute Gasteiger partial charge is 0.334 e. The second kappa shape index (κ2) is 8.95. The molecule has 0 aromatic heterocycles. The lowest BCUT2D eigenvalue weighted by molar-refractivity contribution is -0.122. The molecule has 1 N–H and O–H groups in total. The third-order valence-corrected chi connectivity index (χ3v) is 8.28. The molecule has 2 aliphatic heterocycles. The van der Waals surface area contributed by atoms with Gasteiger partial charge in [-0.2, -0.15) is 8.42 Å². The summed E-state index contributed by atoms with van der Waals surface area (Å²) in [6.45, 7) is 2.84. The van der Waals surface area contributed by atoms with Crippen molar-refractivity contribution < 1.29 is 17.8 Å². The quantitative estimate of drug-likeness (QED) is 0.355. The third-order valence-electron chi connectivity index (χ3n) is 4.97. The average molecular weight is 493 g/mol. The molecular formula is C21H20N2O4S4. The van der Waals surface area contributed by atoms with Crippen LogP contribution in [0.5, 0.6) is 0 Å². The monoisotopic (exact) mass is 492 g/mol. The number of hydrogen-bond acceptors (Lipinski definition) is 7. The lowest BCUT2D eigenvalue weighted by Crippen LogP contribution is -2.27. The maximum Gasteiger partial charge on any atom is 0.266 e. The molecule has 4 rings (SSSR count). The number of rotatable bonds is 6. The minimum absolute atomic E-state index is 0.0989. The van der Waals surface area contributed by atoms with Crippen LogP contribution in [0.25, 0.3) is 10.8 Å². The summed E-state index contributed by atoms with van der Waals surface area (Å²) >= 11 is 8.13. The first-order valence-electron chi connectivity index (χ1n) is 9.66. The molecule has 0 unspecified atom stereocenters. The van der Waals surface area contributed by atoms with E-state index in [0.29, 0.717) is 22.3 Å². The van der Waals surface area contributed by atoms with E-state index >= 15 is 0 Å². The number of hydrogen-bond donors (Lipinski definition) is 1. The molecule has 0 aliphatic carbocycles. The molecule has 10 heteroatoms. The van der Waals surface area contributed by atoms with Crippen LogP contribution in [0.3, 0.4) is 0 Å². The van der Waals surface area contributed by atoms with Gasteiger partial charge in [-0.3, -0.25) is 14.2 Å². The SMILES string of the molecule is CCN1C(=O)/C(=C/C=C2/Sc3ccc4ccccc4c3N2CCCS(=O)(=O)O)SC1=S. The minimum Gasteiger partial charge on any atom is -0.334 e. The normalized spacial score (nSPS) is 19.3. The summed E-state index contributed by atoms with van der Waals surface area (Å²) < 4.78 is 32.1. The Morgan fingerprint density at radius 2 is 1.87 bits per heavy atom. The third kappa shape index (κ3) is 4.68. The molecule has 31 heavy (non-hydrogen) atoms. The summed E-state index contributed by atoms with van der Waals surface area (Å²) in [5, 5.41) is 3.05. The standard InChI is InChI=1S/C21H20N2O4S4/c1-2-22-20(24)17(30-21(22)28)10-11-18-23(12-5-13-31(25,26)27)19-15-7-4-3-6-14(15)8-9-16(19)29-18/h3-4,6-11H,2,5,12-13H2,1H3,(H,25,26,27)/b17-10-,18-11+. The van der Waals surface area contributed by atoms with Crippen molar-refractivity contribution in [2.45, 2.75) is 18.2 Å². The van der Waals surface area contributed by atoms with E-state index < -0.39 is 10.1 Å². The lowest BCUT2D eigenvalue weighted by Gasteiger charge is -2.21. The number of thiocarbonyl (C=S) groups is 1. The van der Waals surface area contributed by atoms with Crippen LogP contribution >= 0.6 is 35.7 Å². The van der Waals surface area contributed by atoms with Gasteiger partial charge in [-0.15, -0.1) is 0 Å². The second-order valence-corrected chi connectivity index (χ2v) is 11.3. The van der Waals surface area contributed by atoms with Crippen molar-refractivity contribution in [1.29, 1.82) is 0 Å². The van der Waals surface area contributed by atoms with Gasteiger partial charge >= 0.3 is 0 Å². The van der Waals surface area contributed by atoms with E-state index in [0.717, 1.165) is 26.4 Å². The van der Waals surface area contributed by atoms with Gasteiger partial charge in [-0.25, -0.2) is 0 Å². The highest BCUT2D eigenvalue weighted by Crippen LogP contribution is 2.49. The second-order valence-electron chi connectivity index (χ2n) is 6.98. The van der Waals surface area contributed by atoms with Gasteiger partial charge in [0, 0.05) is 23.4 Å². The van der Waals surface area contributed by atoms with Crippen molar-refractivity contribution in [2.24, 2.45) is 0 Å². The lowest BCUT2D eigenvalue weighted by atomic mass is 10.1. The number of nitrogens with zero attached hydrogens (tertiary/aromatic N) is 2. The predicted molar refractivity (Wildman–Crippen MR) is 132 cm³/mol. The Morgan fingerprint density at radius 1 is 1.10 bits per heavy atom. The molecule has 1 amide bonds. The summed E-state index contributed by atoms with van der Waals surface area (Å²) in [7, 11) is -4.03. The molecule has 1 saturated heterocycles. The van der Waals surface area contributed by atoms with Crippen molar-refractivity contribution >= 4 is 72.5 Å². The van der Waals surface area contributed by atoms with E-state index in [1.165, 1.54) is 11.8 Å². The van der Waals surface area contributed by atoms with Crippen LogP contribution in [0.1, 0.15) is 13.3 Å². The van der Waals surface area contributed by atoms with Gasteiger partial charge in [0.1, 0.15) is 4.32 Å². The van der Waals surface area contributed by atoms with Crippen molar-refractivity contribution in [3.8, 4) is 0 Å². The van der Waals surface area contributed by atoms with Crippen LogP contribution in [0, 0.1) is 0 Å². The fraction of sp³-hybridized carbons (Fsp3) is 0.238. The van der Waals surface area contributed by atoms with E-state index in [1.54, 1.807) is 22.7 Å². The van der Waals surface area contributed by atoms with Crippen LogP contribution in [0.4, 0.5) is 5.69 Å². The zero-order valence-electron chi connectivity index (χ0n) is 16.6. The van der Waals surface area contributed by atoms with Crippen LogP contribution < -0.4 is 4.90 Å². The molecule has 1 fully saturated rings. The maximum atomic E-state index is 12.5. The Kier molecular flexibility index (Phi) is 6.45. The Balaban J connectivity index is 1.70. The molecule has 2 aliphatic rings. The first-order chi connectivity index (χ1) is 14.8. The number of carbonyl (C=O) groups excluding carboxylic acids is 1. The van der Waals surface area contributed by atoms with Gasteiger partial charge < -0.3 is 4.90 Å². The van der Waals surface area contributed by atoms with Gasteiger partial charge in [0.2, 0.25) is 0 Å². The fourth-order valence-electron chi connectivity index (χ4n) is 3.56. The highest BCUT2D eigenvalue weighted by Gasteiger charge is 2.31. The van der Waals surface area contributed by atoms with Crippen LogP contribution in [0.15, 0.2) is 63.4 Å². The smallest absolute Gasteiger partial charge is 0.266 e. The molecule has 6 nitrogen and oxygen atoms in total.